The summed E-state index contributed by atoms with van der Waals surface area (Å²) in [5.74, 6) is 3.61. The Hall–Kier alpha value is -2.67. The Bertz CT molecular complexity index is 1150. The first-order valence-corrected chi connectivity index (χ1v) is 15.7. The van der Waals surface area contributed by atoms with E-state index >= 15 is 0 Å². The lowest BCUT2D eigenvalue weighted by atomic mass is 9.88. The molecule has 1 saturated heterocycles. The lowest BCUT2D eigenvalue weighted by Crippen LogP contribution is -2.35. The molecule has 4 heterocycles. The standard InChI is InChI=1S/C33H48N4O3/c1-5-39-33(38)31(28-13-9-17-34-30(28)24-14-15-24)37-19-16-25(21-37)23(4)10-6-7-11-26-20-29(40-22(2)3)27-12-8-18-35-32(27)36-26/h9,13,17,20,22-25,31H,5-8,10-12,14-16,18-19,21H2,1-4H3,(H,35,36)/t23?,25-,31?/m1/s1. The van der Waals surface area contributed by atoms with Crippen LogP contribution in [-0.2, 0) is 22.4 Å². The van der Waals surface area contributed by atoms with Gasteiger partial charge in [0.05, 0.1) is 12.7 Å². The maximum atomic E-state index is 13.2. The quantitative estimate of drug-likeness (QED) is 0.227. The predicted molar refractivity (Wildman–Crippen MR) is 159 cm³/mol. The van der Waals surface area contributed by atoms with Gasteiger partial charge in [0.1, 0.15) is 17.6 Å². The first kappa shape index (κ1) is 28.8. The van der Waals surface area contributed by atoms with Crippen LogP contribution in [0.4, 0.5) is 5.82 Å². The van der Waals surface area contributed by atoms with Crippen molar-refractivity contribution in [2.24, 2.45) is 11.8 Å². The first-order valence-electron chi connectivity index (χ1n) is 15.7. The third-order valence-electron chi connectivity index (χ3n) is 8.80. The summed E-state index contributed by atoms with van der Waals surface area (Å²) in [7, 11) is 0. The largest absolute Gasteiger partial charge is 0.491 e. The number of unbranched alkanes of at least 4 members (excludes halogenated alkanes) is 1. The van der Waals surface area contributed by atoms with Crippen LogP contribution in [0.5, 0.6) is 5.75 Å². The fraction of sp³-hybridized carbons (Fsp3) is 0.667. The van der Waals surface area contributed by atoms with Crippen molar-refractivity contribution in [1.82, 2.24) is 14.9 Å². The lowest BCUT2D eigenvalue weighted by molar-refractivity contribution is -0.149. The molecule has 2 aromatic heterocycles. The summed E-state index contributed by atoms with van der Waals surface area (Å²) in [6.07, 6.45) is 12.1. The van der Waals surface area contributed by atoms with Crippen LogP contribution in [0.15, 0.2) is 24.4 Å². The number of hydrogen-bond acceptors (Lipinski definition) is 7. The van der Waals surface area contributed by atoms with Crippen LogP contribution in [0.1, 0.15) is 107 Å². The van der Waals surface area contributed by atoms with Gasteiger partial charge in [-0.2, -0.15) is 0 Å². The molecule has 7 nitrogen and oxygen atoms in total. The van der Waals surface area contributed by atoms with Gasteiger partial charge in [-0.1, -0.05) is 25.8 Å². The Balaban J connectivity index is 1.16. The fourth-order valence-corrected chi connectivity index (χ4v) is 6.52. The van der Waals surface area contributed by atoms with Gasteiger partial charge in [-0.15, -0.1) is 0 Å². The number of aromatic nitrogens is 2. The molecule has 1 N–H and O–H groups in total. The highest BCUT2D eigenvalue weighted by Crippen LogP contribution is 2.44. The van der Waals surface area contributed by atoms with E-state index in [1.165, 1.54) is 31.2 Å². The monoisotopic (exact) mass is 548 g/mol. The summed E-state index contributed by atoms with van der Waals surface area (Å²) in [5, 5.41) is 3.48. The average molecular weight is 549 g/mol. The molecule has 218 valence electrons. The SMILES string of the molecule is CCOC(=O)C(c1cccnc1C1CC1)N1CC[C@@H](C(C)CCCCc2cc(OC(C)C)c3c(n2)NCCC3)C1. The summed E-state index contributed by atoms with van der Waals surface area (Å²) in [5.41, 5.74) is 4.53. The number of anilines is 1. The van der Waals surface area contributed by atoms with Crippen LogP contribution >= 0.6 is 0 Å². The summed E-state index contributed by atoms with van der Waals surface area (Å²) in [4.78, 5) is 25.2. The van der Waals surface area contributed by atoms with Gasteiger partial charge in [0.25, 0.3) is 0 Å². The molecule has 5 rings (SSSR count). The number of nitrogens with zero attached hydrogens (tertiary/aromatic N) is 3. The molecule has 0 bridgehead atoms. The van der Waals surface area contributed by atoms with Crippen molar-refractivity contribution in [3.63, 3.8) is 0 Å². The molecule has 2 unspecified atom stereocenters. The van der Waals surface area contributed by atoms with E-state index in [-0.39, 0.29) is 18.1 Å². The maximum Gasteiger partial charge on any atom is 0.328 e. The van der Waals surface area contributed by atoms with Gasteiger partial charge in [-0.25, -0.2) is 9.78 Å². The summed E-state index contributed by atoms with van der Waals surface area (Å²) < 4.78 is 11.7. The van der Waals surface area contributed by atoms with Gasteiger partial charge >= 0.3 is 5.97 Å². The molecule has 0 aromatic carbocycles. The van der Waals surface area contributed by atoms with Gasteiger partial charge in [0.2, 0.25) is 0 Å². The minimum atomic E-state index is -0.340. The number of carbonyl (C=O) groups is 1. The molecule has 7 heteroatoms. The van der Waals surface area contributed by atoms with Crippen molar-refractivity contribution in [2.45, 2.75) is 104 Å². The Morgan fingerprint density at radius 1 is 1.20 bits per heavy atom. The molecule has 0 amide bonds. The zero-order valence-electron chi connectivity index (χ0n) is 25.0. The van der Waals surface area contributed by atoms with E-state index in [0.717, 1.165) is 80.3 Å². The Labute approximate surface area is 240 Å². The number of carbonyl (C=O) groups excluding carboxylic acids is 1. The number of ether oxygens (including phenoxy) is 2. The highest BCUT2D eigenvalue weighted by Gasteiger charge is 2.39. The number of nitrogens with one attached hydrogen (secondary N) is 1. The Kier molecular flexibility index (Phi) is 9.61. The molecule has 1 saturated carbocycles. The van der Waals surface area contributed by atoms with Crippen LogP contribution in [0, 0.1) is 11.8 Å². The van der Waals surface area contributed by atoms with Crippen molar-refractivity contribution >= 4 is 11.8 Å². The fourth-order valence-electron chi connectivity index (χ4n) is 6.52. The topological polar surface area (TPSA) is 76.6 Å². The van der Waals surface area contributed by atoms with Gasteiger partial charge in [0, 0.05) is 53.8 Å². The van der Waals surface area contributed by atoms with Crippen molar-refractivity contribution in [3.8, 4) is 5.75 Å². The number of pyridine rings is 2. The van der Waals surface area contributed by atoms with E-state index in [2.05, 4.69) is 43.1 Å². The van der Waals surface area contributed by atoms with Crippen molar-refractivity contribution in [1.29, 1.82) is 0 Å². The normalized spacial score (nSPS) is 20.6. The van der Waals surface area contributed by atoms with E-state index in [1.807, 2.05) is 19.2 Å². The van der Waals surface area contributed by atoms with Crippen molar-refractivity contribution in [2.75, 3.05) is 31.6 Å². The van der Waals surface area contributed by atoms with E-state index < -0.39 is 0 Å². The molecular weight excluding hydrogens is 500 g/mol. The molecule has 2 fully saturated rings. The second kappa shape index (κ2) is 13.3. The van der Waals surface area contributed by atoms with Crippen LogP contribution < -0.4 is 10.1 Å². The molecule has 40 heavy (non-hydrogen) atoms. The molecule has 1 aliphatic carbocycles. The number of fused-ring (bicyclic) bond motifs is 1. The second-order valence-electron chi connectivity index (χ2n) is 12.3. The number of likely N-dealkylation sites (tertiary alicyclic amines) is 1. The first-order chi connectivity index (χ1) is 19.4. The number of hydrogen-bond donors (Lipinski definition) is 1. The van der Waals surface area contributed by atoms with E-state index in [4.69, 9.17) is 19.4 Å². The van der Waals surface area contributed by atoms with Crippen LogP contribution in [0.3, 0.4) is 0 Å². The smallest absolute Gasteiger partial charge is 0.328 e. The highest BCUT2D eigenvalue weighted by atomic mass is 16.5. The predicted octanol–water partition coefficient (Wildman–Crippen LogP) is 6.47. The molecular formula is C33H48N4O3. The van der Waals surface area contributed by atoms with E-state index in [9.17, 15) is 4.79 Å². The summed E-state index contributed by atoms with van der Waals surface area (Å²) in [6.45, 7) is 11.7. The third-order valence-corrected chi connectivity index (χ3v) is 8.80. The zero-order chi connectivity index (χ0) is 28.1. The minimum absolute atomic E-state index is 0.126. The van der Waals surface area contributed by atoms with E-state index in [1.54, 1.807) is 0 Å². The number of rotatable bonds is 13. The molecule has 3 aliphatic rings. The number of aryl methyl sites for hydroxylation is 1. The highest BCUT2D eigenvalue weighted by molar-refractivity contribution is 5.78. The number of esters is 1. The molecule has 0 radical (unpaired) electrons. The Morgan fingerprint density at radius 2 is 2.05 bits per heavy atom. The van der Waals surface area contributed by atoms with Gasteiger partial charge in [0.15, 0.2) is 0 Å². The Morgan fingerprint density at radius 3 is 2.83 bits per heavy atom. The third kappa shape index (κ3) is 6.96. The molecule has 2 aliphatic heterocycles. The van der Waals surface area contributed by atoms with Crippen molar-refractivity contribution in [3.05, 3.63) is 46.9 Å². The van der Waals surface area contributed by atoms with Gasteiger partial charge in [-0.3, -0.25) is 9.88 Å². The van der Waals surface area contributed by atoms with Crippen LogP contribution in [0.2, 0.25) is 0 Å². The van der Waals surface area contributed by atoms with E-state index in [0.29, 0.717) is 24.4 Å². The van der Waals surface area contributed by atoms with Gasteiger partial charge in [-0.05, 0) is 90.2 Å². The van der Waals surface area contributed by atoms with Gasteiger partial charge < -0.3 is 14.8 Å². The minimum Gasteiger partial charge on any atom is -0.491 e. The van der Waals surface area contributed by atoms with Crippen LogP contribution in [-0.4, -0.2) is 53.2 Å². The van der Waals surface area contributed by atoms with Crippen molar-refractivity contribution < 1.29 is 14.3 Å². The zero-order valence-corrected chi connectivity index (χ0v) is 25.0. The average Bonchev–Trinajstić information content (AvgIpc) is 3.68. The molecule has 0 spiro atoms. The van der Waals surface area contributed by atoms with Crippen LogP contribution in [0.25, 0.3) is 0 Å². The second-order valence-corrected chi connectivity index (χ2v) is 12.3. The molecule has 3 atom stereocenters. The summed E-state index contributed by atoms with van der Waals surface area (Å²) in [6, 6.07) is 5.90. The molecule has 2 aromatic rings. The lowest BCUT2D eigenvalue weighted by Gasteiger charge is -2.28. The maximum absolute atomic E-state index is 13.2. The summed E-state index contributed by atoms with van der Waals surface area (Å²) >= 11 is 0.